The Bertz CT molecular complexity index is 733. The number of sulfone groups is 1. The molecule has 1 saturated heterocycles. The lowest BCUT2D eigenvalue weighted by Crippen LogP contribution is -2.22. The van der Waals surface area contributed by atoms with Gasteiger partial charge >= 0.3 is 5.97 Å². The van der Waals surface area contributed by atoms with Crippen LogP contribution in [-0.4, -0.2) is 45.5 Å². The van der Waals surface area contributed by atoms with Gasteiger partial charge in [0, 0.05) is 11.4 Å². The van der Waals surface area contributed by atoms with Gasteiger partial charge in [-0.3, -0.25) is 9.59 Å². The van der Waals surface area contributed by atoms with E-state index in [0.717, 1.165) is 0 Å². The highest BCUT2D eigenvalue weighted by atomic mass is 35.5. The summed E-state index contributed by atoms with van der Waals surface area (Å²) < 4.78 is 32.7. The number of hydrogen-bond acceptors (Lipinski definition) is 6. The quantitative estimate of drug-likeness (QED) is 0.759. The van der Waals surface area contributed by atoms with Crippen molar-refractivity contribution in [2.45, 2.75) is 12.8 Å². The third-order valence-corrected chi connectivity index (χ3v) is 5.65. The second-order valence-electron chi connectivity index (χ2n) is 5.53. The van der Waals surface area contributed by atoms with E-state index in [9.17, 15) is 18.0 Å². The molecule has 1 atom stereocenters. The fraction of sp³-hybridized carbons (Fsp3) is 0.467. The summed E-state index contributed by atoms with van der Waals surface area (Å²) in [6.45, 7) is -0.464. The molecule has 1 fully saturated rings. The average molecular weight is 376 g/mol. The first kappa shape index (κ1) is 18.5. The van der Waals surface area contributed by atoms with Crippen LogP contribution in [0.3, 0.4) is 0 Å². The molecular weight excluding hydrogens is 358 g/mol. The molecule has 2 rings (SSSR count). The lowest BCUT2D eigenvalue weighted by atomic mass is 10.1. The number of methoxy groups -OCH3 is 1. The van der Waals surface area contributed by atoms with Gasteiger partial charge in [0.25, 0.3) is 5.91 Å². The molecule has 1 aromatic carbocycles. The summed E-state index contributed by atoms with van der Waals surface area (Å²) in [4.78, 5) is 23.6. The number of halogens is 1. The van der Waals surface area contributed by atoms with Crippen molar-refractivity contribution >= 4 is 39.0 Å². The maximum Gasteiger partial charge on any atom is 0.306 e. The Morgan fingerprint density at radius 2 is 2.12 bits per heavy atom. The summed E-state index contributed by atoms with van der Waals surface area (Å²) in [5.41, 5.74) is 0.368. The lowest BCUT2D eigenvalue weighted by molar-refractivity contribution is -0.148. The summed E-state index contributed by atoms with van der Waals surface area (Å²) in [6.07, 6.45) is 0.441. The molecule has 1 heterocycles. The van der Waals surface area contributed by atoms with Crippen LogP contribution in [0.2, 0.25) is 5.02 Å². The first-order chi connectivity index (χ1) is 11.3. The van der Waals surface area contributed by atoms with Gasteiger partial charge in [-0.15, -0.1) is 0 Å². The zero-order valence-corrected chi connectivity index (χ0v) is 14.7. The summed E-state index contributed by atoms with van der Waals surface area (Å²) in [5, 5.41) is 2.96. The standard InChI is InChI=1S/C15H18ClNO6S/c1-22-13-3-2-11(16)7-12(13)17-14(18)8-23-15(19)6-10-4-5-24(20,21)9-10/h2-3,7,10H,4-6,8-9H2,1H3,(H,17,18)/t10-/m0/s1. The van der Waals surface area contributed by atoms with Crippen LogP contribution in [0.4, 0.5) is 5.69 Å². The summed E-state index contributed by atoms with van der Waals surface area (Å²) >= 11 is 5.86. The normalized spacial score (nSPS) is 18.8. The number of carbonyl (C=O) groups excluding carboxylic acids is 2. The largest absolute Gasteiger partial charge is 0.495 e. The predicted molar refractivity (Wildman–Crippen MR) is 89.0 cm³/mol. The van der Waals surface area contributed by atoms with Gasteiger partial charge in [-0.25, -0.2) is 8.42 Å². The van der Waals surface area contributed by atoms with Crippen molar-refractivity contribution in [2.24, 2.45) is 5.92 Å². The molecule has 0 spiro atoms. The van der Waals surface area contributed by atoms with Gasteiger partial charge in [-0.2, -0.15) is 0 Å². The van der Waals surface area contributed by atoms with Crippen molar-refractivity contribution < 1.29 is 27.5 Å². The van der Waals surface area contributed by atoms with E-state index in [2.05, 4.69) is 5.32 Å². The monoisotopic (exact) mass is 375 g/mol. The van der Waals surface area contributed by atoms with Crippen molar-refractivity contribution in [3.8, 4) is 5.75 Å². The van der Waals surface area contributed by atoms with Crippen LogP contribution in [0.25, 0.3) is 0 Å². The van der Waals surface area contributed by atoms with Gasteiger partial charge in [-0.05, 0) is 30.5 Å². The van der Waals surface area contributed by atoms with E-state index < -0.39 is 28.3 Å². The van der Waals surface area contributed by atoms with Gasteiger partial charge in [0.15, 0.2) is 16.4 Å². The molecule has 7 nitrogen and oxygen atoms in total. The Kier molecular flexibility index (Phi) is 6.06. The van der Waals surface area contributed by atoms with Crippen molar-refractivity contribution in [1.82, 2.24) is 0 Å². The number of anilines is 1. The lowest BCUT2D eigenvalue weighted by Gasteiger charge is -2.11. The minimum absolute atomic E-state index is 0.00594. The third-order valence-electron chi connectivity index (χ3n) is 3.58. The van der Waals surface area contributed by atoms with Crippen molar-refractivity contribution in [3.63, 3.8) is 0 Å². The Balaban J connectivity index is 1.81. The zero-order chi connectivity index (χ0) is 17.7. The van der Waals surface area contributed by atoms with Crippen LogP contribution < -0.4 is 10.1 Å². The molecule has 0 radical (unpaired) electrons. The first-order valence-corrected chi connectivity index (χ1v) is 9.48. The Hall–Kier alpha value is -1.80. The van der Waals surface area contributed by atoms with Gasteiger partial charge < -0.3 is 14.8 Å². The minimum Gasteiger partial charge on any atom is -0.495 e. The van der Waals surface area contributed by atoms with Gasteiger partial charge in [0.05, 0.1) is 24.3 Å². The number of amides is 1. The Labute approximate surface area is 145 Å². The van der Waals surface area contributed by atoms with E-state index in [4.69, 9.17) is 21.1 Å². The maximum atomic E-state index is 11.9. The van der Waals surface area contributed by atoms with Gasteiger partial charge in [0.1, 0.15) is 5.75 Å². The summed E-state index contributed by atoms with van der Waals surface area (Å²) in [7, 11) is -1.59. The van der Waals surface area contributed by atoms with Crippen LogP contribution in [0.15, 0.2) is 18.2 Å². The van der Waals surface area contributed by atoms with Crippen LogP contribution in [0, 0.1) is 5.92 Å². The predicted octanol–water partition coefficient (Wildman–Crippen LogP) is 1.66. The molecule has 24 heavy (non-hydrogen) atoms. The molecule has 1 aliphatic rings. The molecule has 1 aromatic rings. The molecule has 1 amide bonds. The highest BCUT2D eigenvalue weighted by Crippen LogP contribution is 2.27. The van der Waals surface area contributed by atoms with Crippen LogP contribution >= 0.6 is 11.6 Å². The van der Waals surface area contributed by atoms with Crippen molar-refractivity contribution in [3.05, 3.63) is 23.2 Å². The fourth-order valence-corrected chi connectivity index (χ4v) is 4.47. The first-order valence-electron chi connectivity index (χ1n) is 7.28. The number of rotatable bonds is 6. The number of carbonyl (C=O) groups is 2. The maximum absolute atomic E-state index is 11.9. The Morgan fingerprint density at radius 1 is 1.38 bits per heavy atom. The highest BCUT2D eigenvalue weighted by molar-refractivity contribution is 7.91. The van der Waals surface area contributed by atoms with E-state index in [0.29, 0.717) is 22.9 Å². The second kappa shape index (κ2) is 7.85. The number of benzene rings is 1. The highest BCUT2D eigenvalue weighted by Gasteiger charge is 2.30. The Morgan fingerprint density at radius 3 is 2.75 bits per heavy atom. The zero-order valence-electron chi connectivity index (χ0n) is 13.1. The molecule has 0 unspecified atom stereocenters. The molecule has 0 aromatic heterocycles. The molecule has 132 valence electrons. The van der Waals surface area contributed by atoms with Crippen LogP contribution in [-0.2, 0) is 24.2 Å². The van der Waals surface area contributed by atoms with Crippen LogP contribution in [0.1, 0.15) is 12.8 Å². The van der Waals surface area contributed by atoms with E-state index >= 15 is 0 Å². The molecule has 1 aliphatic heterocycles. The molecule has 0 bridgehead atoms. The third kappa shape index (κ3) is 5.38. The van der Waals surface area contributed by atoms with E-state index in [1.165, 1.54) is 13.2 Å². The number of ether oxygens (including phenoxy) is 2. The fourth-order valence-electron chi connectivity index (χ4n) is 2.44. The average Bonchev–Trinajstić information content (AvgIpc) is 2.84. The minimum atomic E-state index is -3.04. The molecule has 1 N–H and O–H groups in total. The summed E-state index contributed by atoms with van der Waals surface area (Å²) in [5.74, 6) is -0.851. The second-order valence-corrected chi connectivity index (χ2v) is 8.19. The molecule has 9 heteroatoms. The molecular formula is C15H18ClNO6S. The molecule has 0 aliphatic carbocycles. The molecule has 0 saturated carbocycles. The topological polar surface area (TPSA) is 98.8 Å². The van der Waals surface area contributed by atoms with Gasteiger partial charge in [0.2, 0.25) is 0 Å². The van der Waals surface area contributed by atoms with Crippen LogP contribution in [0.5, 0.6) is 5.75 Å². The number of nitrogens with one attached hydrogen (secondary N) is 1. The van der Waals surface area contributed by atoms with E-state index in [1.54, 1.807) is 12.1 Å². The van der Waals surface area contributed by atoms with E-state index in [-0.39, 0.29) is 23.8 Å². The number of hydrogen-bond donors (Lipinski definition) is 1. The number of esters is 1. The summed E-state index contributed by atoms with van der Waals surface area (Å²) in [6, 6.07) is 4.74. The van der Waals surface area contributed by atoms with Crippen molar-refractivity contribution in [2.75, 3.05) is 30.5 Å². The smallest absolute Gasteiger partial charge is 0.306 e. The van der Waals surface area contributed by atoms with Crippen molar-refractivity contribution in [1.29, 1.82) is 0 Å². The van der Waals surface area contributed by atoms with Gasteiger partial charge in [-0.1, -0.05) is 11.6 Å². The van der Waals surface area contributed by atoms with E-state index in [1.807, 2.05) is 0 Å². The SMILES string of the molecule is COc1ccc(Cl)cc1NC(=O)COC(=O)C[C@@H]1CCS(=O)(=O)C1.